The van der Waals surface area contributed by atoms with Gasteiger partial charge in [0.25, 0.3) is 5.92 Å². The largest absolute Gasteiger partial charge is 0.325 e. The van der Waals surface area contributed by atoms with Crippen molar-refractivity contribution in [3.8, 4) is 0 Å². The Morgan fingerprint density at radius 2 is 1.79 bits per heavy atom. The lowest BCUT2D eigenvalue weighted by atomic mass is 9.88. The molecule has 2 bridgehead atoms. The molecule has 4 nitrogen and oxygen atoms in total. The summed E-state index contributed by atoms with van der Waals surface area (Å²) in [5, 5.41) is 2.71. The Hall–Kier alpha value is -2.54. The molecule has 2 fully saturated rings. The van der Waals surface area contributed by atoms with Crippen LogP contribution in [0.25, 0.3) is 0 Å². The molecule has 2 aromatic carbocycles. The van der Waals surface area contributed by atoms with Gasteiger partial charge in [0.1, 0.15) is 11.4 Å². The molecule has 2 saturated heterocycles. The first-order chi connectivity index (χ1) is 13.9. The summed E-state index contributed by atoms with van der Waals surface area (Å²) in [6, 6.07) is 12.9. The first-order valence-electron chi connectivity index (χ1n) is 9.91. The zero-order valence-corrected chi connectivity index (χ0v) is 15.9. The number of hydrogen-bond donors (Lipinski definition) is 1. The van der Waals surface area contributed by atoms with Crippen molar-refractivity contribution in [1.29, 1.82) is 0 Å². The summed E-state index contributed by atoms with van der Waals surface area (Å²) in [7, 11) is 0. The smallest absolute Gasteiger partial charge is 0.318 e. The van der Waals surface area contributed by atoms with E-state index in [1.165, 1.54) is 12.1 Å². The summed E-state index contributed by atoms with van der Waals surface area (Å²) in [4.78, 5) is 16.6. The molecule has 0 radical (unpaired) electrons. The first-order valence-corrected chi connectivity index (χ1v) is 9.91. The van der Waals surface area contributed by atoms with E-state index in [1.807, 2.05) is 24.3 Å². The van der Waals surface area contributed by atoms with E-state index in [9.17, 15) is 18.0 Å². The van der Waals surface area contributed by atoms with Gasteiger partial charge in [0.15, 0.2) is 0 Å². The number of fused-ring (bicyclic) bond motifs is 3. The normalized spacial score (nSPS) is 29.6. The average molecular weight is 401 g/mol. The van der Waals surface area contributed by atoms with Gasteiger partial charge in [-0.25, -0.2) is 18.0 Å². The van der Waals surface area contributed by atoms with Crippen LogP contribution in [0.1, 0.15) is 29.2 Å². The number of nitrogens with one attached hydrogen (secondary N) is 1. The van der Waals surface area contributed by atoms with Gasteiger partial charge >= 0.3 is 6.03 Å². The molecule has 152 valence electrons. The number of carbonyl (C=O) groups excluding carboxylic acids is 1. The number of hydrogen-bond acceptors (Lipinski definition) is 2. The second-order valence-corrected chi connectivity index (χ2v) is 8.27. The van der Waals surface area contributed by atoms with Crippen LogP contribution in [0.5, 0.6) is 0 Å². The molecule has 1 N–H and O–H groups in total. The van der Waals surface area contributed by atoms with E-state index in [4.69, 9.17) is 0 Å². The highest BCUT2D eigenvalue weighted by atomic mass is 19.3. The number of carbonyl (C=O) groups is 1. The third-order valence-corrected chi connectivity index (χ3v) is 6.55. The topological polar surface area (TPSA) is 35.6 Å². The van der Waals surface area contributed by atoms with E-state index < -0.39 is 23.5 Å². The second kappa shape index (κ2) is 6.49. The van der Waals surface area contributed by atoms with Gasteiger partial charge in [-0.1, -0.05) is 36.4 Å². The molecule has 0 saturated carbocycles. The number of benzene rings is 2. The lowest BCUT2D eigenvalue weighted by Crippen LogP contribution is -2.63. The number of amides is 2. The molecule has 3 atom stereocenters. The number of halogens is 3. The third-order valence-electron chi connectivity index (χ3n) is 6.55. The summed E-state index contributed by atoms with van der Waals surface area (Å²) in [5.74, 6) is -3.30. The lowest BCUT2D eigenvalue weighted by molar-refractivity contribution is -0.0674. The van der Waals surface area contributed by atoms with Crippen LogP contribution in [0.3, 0.4) is 0 Å². The molecular weight excluding hydrogens is 379 g/mol. The van der Waals surface area contributed by atoms with E-state index in [1.54, 1.807) is 21.9 Å². The van der Waals surface area contributed by atoms with Crippen molar-refractivity contribution in [3.63, 3.8) is 0 Å². The van der Waals surface area contributed by atoms with Crippen molar-refractivity contribution < 1.29 is 18.0 Å². The molecule has 1 unspecified atom stereocenters. The van der Waals surface area contributed by atoms with Crippen molar-refractivity contribution in [3.05, 3.63) is 71.0 Å². The third kappa shape index (κ3) is 2.90. The van der Waals surface area contributed by atoms with Gasteiger partial charge in [0.05, 0.1) is 12.6 Å². The molecule has 2 amide bonds. The number of rotatable bonds is 2. The molecule has 2 aromatic rings. The Balaban J connectivity index is 1.50. The Labute approximate surface area is 167 Å². The summed E-state index contributed by atoms with van der Waals surface area (Å²) < 4.78 is 42.7. The fraction of sp³-hybridized carbons (Fsp3) is 0.409. The second-order valence-electron chi connectivity index (χ2n) is 8.27. The maximum absolute atomic E-state index is 14.6. The van der Waals surface area contributed by atoms with E-state index in [0.717, 1.165) is 16.7 Å². The van der Waals surface area contributed by atoms with Crippen molar-refractivity contribution in [2.75, 3.05) is 26.2 Å². The summed E-state index contributed by atoms with van der Waals surface area (Å²) in [6.45, 7) is 0.852. The highest BCUT2D eigenvalue weighted by molar-refractivity contribution is 5.77. The predicted molar refractivity (Wildman–Crippen MR) is 102 cm³/mol. The molecule has 0 aliphatic carbocycles. The van der Waals surface area contributed by atoms with Crippen LogP contribution in [-0.2, 0) is 6.42 Å². The number of piperidine rings is 1. The highest BCUT2D eigenvalue weighted by Gasteiger charge is 2.64. The first kappa shape index (κ1) is 18.5. The van der Waals surface area contributed by atoms with Gasteiger partial charge < -0.3 is 10.2 Å². The molecule has 0 spiro atoms. The minimum absolute atomic E-state index is 0.178. The van der Waals surface area contributed by atoms with E-state index in [-0.39, 0.29) is 25.3 Å². The van der Waals surface area contributed by atoms with E-state index in [0.29, 0.717) is 19.5 Å². The van der Waals surface area contributed by atoms with Crippen molar-refractivity contribution in [2.45, 2.75) is 30.3 Å². The Bertz CT molecular complexity index is 949. The molecule has 3 aliphatic rings. The Morgan fingerprint density at radius 1 is 1.03 bits per heavy atom. The molecular formula is C22H22F3N3O. The SMILES string of the molecule is O=C(N[C@@]12CCN(CC1(F)F)C2)N1CCc2ccccc2[C@@H]1c1ccc(F)cc1. The Morgan fingerprint density at radius 3 is 2.48 bits per heavy atom. The number of nitrogens with zero attached hydrogens (tertiary/aromatic N) is 2. The molecule has 7 heteroatoms. The number of alkyl halides is 2. The van der Waals surface area contributed by atoms with Crippen LogP contribution < -0.4 is 5.32 Å². The summed E-state index contributed by atoms with van der Waals surface area (Å²) >= 11 is 0. The standard InChI is InChI=1S/C22H22F3N3O/c23-17-7-5-16(6-8-17)19-18-4-2-1-3-15(18)9-11-28(19)20(29)26-21-10-12-27(13-21)14-22(21,24)25/h1-8,19H,9-14H2,(H,26,29)/t19-,21+/m0/s1. The molecule has 5 rings (SSSR count). The van der Waals surface area contributed by atoms with Gasteiger partial charge in [-0.2, -0.15) is 0 Å². The molecule has 3 heterocycles. The molecule has 3 aliphatic heterocycles. The van der Waals surface area contributed by atoms with Gasteiger partial charge in [-0.3, -0.25) is 4.90 Å². The van der Waals surface area contributed by atoms with Crippen LogP contribution in [0.15, 0.2) is 48.5 Å². The van der Waals surface area contributed by atoms with Crippen molar-refractivity contribution in [2.24, 2.45) is 0 Å². The average Bonchev–Trinajstić information content (AvgIpc) is 3.21. The summed E-state index contributed by atoms with van der Waals surface area (Å²) in [5.41, 5.74) is 1.32. The zero-order chi connectivity index (χ0) is 20.2. The van der Waals surface area contributed by atoms with E-state index >= 15 is 0 Å². The van der Waals surface area contributed by atoms with Crippen LogP contribution in [0, 0.1) is 5.82 Å². The minimum Gasteiger partial charge on any atom is -0.325 e. The van der Waals surface area contributed by atoms with E-state index in [2.05, 4.69) is 5.32 Å². The monoisotopic (exact) mass is 401 g/mol. The molecule has 0 aromatic heterocycles. The highest BCUT2D eigenvalue weighted by Crippen LogP contribution is 2.44. The maximum Gasteiger partial charge on any atom is 0.318 e. The number of urea groups is 1. The van der Waals surface area contributed by atoms with Crippen LogP contribution >= 0.6 is 0 Å². The summed E-state index contributed by atoms with van der Waals surface area (Å²) in [6.07, 6.45) is 0.897. The minimum atomic E-state index is -2.94. The zero-order valence-electron chi connectivity index (χ0n) is 15.9. The quantitative estimate of drug-likeness (QED) is 0.835. The van der Waals surface area contributed by atoms with Crippen molar-refractivity contribution >= 4 is 6.03 Å². The maximum atomic E-state index is 14.6. The Kier molecular flexibility index (Phi) is 4.13. The van der Waals surface area contributed by atoms with Gasteiger partial charge in [-0.15, -0.1) is 0 Å². The van der Waals surface area contributed by atoms with Crippen LogP contribution in [0.4, 0.5) is 18.0 Å². The van der Waals surface area contributed by atoms with Crippen LogP contribution in [0.2, 0.25) is 0 Å². The predicted octanol–water partition coefficient (Wildman–Crippen LogP) is 3.58. The van der Waals surface area contributed by atoms with Gasteiger partial charge in [0, 0.05) is 19.6 Å². The van der Waals surface area contributed by atoms with Gasteiger partial charge in [-0.05, 0) is 41.7 Å². The van der Waals surface area contributed by atoms with Crippen molar-refractivity contribution in [1.82, 2.24) is 15.1 Å². The van der Waals surface area contributed by atoms with Gasteiger partial charge in [0.2, 0.25) is 0 Å². The van der Waals surface area contributed by atoms with Crippen LogP contribution in [-0.4, -0.2) is 53.5 Å². The fourth-order valence-corrected chi connectivity index (χ4v) is 5.01. The fourth-order valence-electron chi connectivity index (χ4n) is 5.01. The molecule has 29 heavy (non-hydrogen) atoms. The lowest BCUT2D eigenvalue weighted by Gasteiger charge is -2.41.